The number of hydrogen-bond acceptors (Lipinski definition) is 6. The van der Waals surface area contributed by atoms with Crippen molar-refractivity contribution < 1.29 is 13.6 Å². The summed E-state index contributed by atoms with van der Waals surface area (Å²) in [5.74, 6) is -4.05. The SMILES string of the molecule is CN1C(=O)[C@H](c2ccc(C(C)(F)F)cc2)[C@@](C)(c2cc(-c3cc(C#N)cc(C#N)c3)cs2)N=C1N. The summed E-state index contributed by atoms with van der Waals surface area (Å²) in [7, 11) is 1.53. The van der Waals surface area contributed by atoms with E-state index in [4.69, 9.17) is 5.73 Å². The van der Waals surface area contributed by atoms with Gasteiger partial charge < -0.3 is 5.73 Å². The summed E-state index contributed by atoms with van der Waals surface area (Å²) < 4.78 is 27.5. The van der Waals surface area contributed by atoms with Gasteiger partial charge in [0.15, 0.2) is 5.96 Å². The van der Waals surface area contributed by atoms with Crippen LogP contribution in [0.25, 0.3) is 11.1 Å². The molecule has 9 heteroatoms. The molecule has 0 aliphatic carbocycles. The van der Waals surface area contributed by atoms with Crippen LogP contribution in [0.15, 0.2) is 58.9 Å². The zero-order valence-corrected chi connectivity index (χ0v) is 20.0. The summed E-state index contributed by atoms with van der Waals surface area (Å²) in [6.45, 7) is 2.61. The van der Waals surface area contributed by atoms with E-state index in [1.165, 1.54) is 53.6 Å². The first-order chi connectivity index (χ1) is 16.5. The first kappa shape index (κ1) is 24.1. The van der Waals surface area contributed by atoms with E-state index in [0.717, 1.165) is 17.4 Å². The number of likely N-dealkylation sites (N-methyl/N-ethyl adjacent to an activating group) is 1. The van der Waals surface area contributed by atoms with Gasteiger partial charge in [0.25, 0.3) is 5.92 Å². The van der Waals surface area contributed by atoms with Crippen LogP contribution in [-0.2, 0) is 16.3 Å². The van der Waals surface area contributed by atoms with Crippen molar-refractivity contribution in [3.05, 3.63) is 81.0 Å². The lowest BCUT2D eigenvalue weighted by molar-refractivity contribution is -0.130. The number of thiophene rings is 1. The van der Waals surface area contributed by atoms with Gasteiger partial charge in [-0.25, -0.2) is 13.8 Å². The van der Waals surface area contributed by atoms with Gasteiger partial charge in [0.05, 0.1) is 29.2 Å². The third-order valence-corrected chi connectivity index (χ3v) is 7.36. The number of rotatable bonds is 4. The predicted octanol–water partition coefficient (Wildman–Crippen LogP) is 5.06. The van der Waals surface area contributed by atoms with Crippen molar-refractivity contribution in [2.24, 2.45) is 10.7 Å². The summed E-state index contributed by atoms with van der Waals surface area (Å²) in [5, 5.41) is 20.5. The van der Waals surface area contributed by atoms with Crippen LogP contribution in [-0.4, -0.2) is 23.8 Å². The average Bonchev–Trinajstić information content (AvgIpc) is 3.33. The quantitative estimate of drug-likeness (QED) is 0.553. The van der Waals surface area contributed by atoms with Crippen LogP contribution in [0.3, 0.4) is 0 Å². The summed E-state index contributed by atoms with van der Waals surface area (Å²) in [6.07, 6.45) is 0. The van der Waals surface area contributed by atoms with E-state index in [2.05, 4.69) is 17.1 Å². The van der Waals surface area contributed by atoms with Gasteiger partial charge in [0.1, 0.15) is 5.54 Å². The Bertz CT molecular complexity index is 1390. The van der Waals surface area contributed by atoms with Crippen LogP contribution in [0.5, 0.6) is 0 Å². The van der Waals surface area contributed by atoms with Gasteiger partial charge in [-0.2, -0.15) is 10.5 Å². The molecule has 0 radical (unpaired) electrons. The van der Waals surface area contributed by atoms with Gasteiger partial charge >= 0.3 is 0 Å². The van der Waals surface area contributed by atoms with Crippen LogP contribution in [0.2, 0.25) is 0 Å². The molecule has 0 bridgehead atoms. The average molecular weight is 490 g/mol. The molecule has 1 amide bonds. The molecule has 1 aromatic heterocycles. The molecule has 2 heterocycles. The van der Waals surface area contributed by atoms with Crippen molar-refractivity contribution >= 4 is 23.2 Å². The molecule has 0 unspecified atom stereocenters. The molecule has 4 rings (SSSR count). The Morgan fingerprint density at radius 1 is 1.09 bits per heavy atom. The number of guanidine groups is 1. The normalized spacial score (nSPS) is 20.2. The number of nitriles is 2. The highest BCUT2D eigenvalue weighted by molar-refractivity contribution is 7.10. The molecule has 1 aliphatic heterocycles. The van der Waals surface area contributed by atoms with Gasteiger partial charge in [-0.1, -0.05) is 24.3 Å². The minimum atomic E-state index is -3.00. The Hall–Kier alpha value is -4.08. The molecule has 0 saturated heterocycles. The number of carbonyl (C=O) groups is 1. The molecule has 0 fully saturated rings. The number of benzene rings is 2. The van der Waals surface area contributed by atoms with Gasteiger partial charge in [-0.3, -0.25) is 9.69 Å². The summed E-state index contributed by atoms with van der Waals surface area (Å²) in [5.41, 5.74) is 7.56. The zero-order valence-electron chi connectivity index (χ0n) is 19.2. The Morgan fingerprint density at radius 2 is 1.69 bits per heavy atom. The molecular weight excluding hydrogens is 468 g/mol. The predicted molar refractivity (Wildman–Crippen MR) is 130 cm³/mol. The highest BCUT2D eigenvalue weighted by Crippen LogP contribution is 2.47. The first-order valence-electron chi connectivity index (χ1n) is 10.6. The number of hydrogen-bond donors (Lipinski definition) is 1. The fourth-order valence-electron chi connectivity index (χ4n) is 4.23. The first-order valence-corrected chi connectivity index (χ1v) is 11.5. The van der Waals surface area contributed by atoms with Gasteiger partial charge in [-0.05, 0) is 53.3 Å². The molecular formula is C26H21F2N5OS. The van der Waals surface area contributed by atoms with E-state index in [9.17, 15) is 24.1 Å². The van der Waals surface area contributed by atoms with E-state index in [-0.39, 0.29) is 17.4 Å². The third-order valence-electron chi connectivity index (χ3n) is 6.20. The second-order valence-corrected chi connectivity index (χ2v) is 9.59. The maximum atomic E-state index is 13.8. The minimum absolute atomic E-state index is 0.0543. The van der Waals surface area contributed by atoms with Crippen LogP contribution in [0, 0.1) is 22.7 Å². The van der Waals surface area contributed by atoms with Crippen LogP contribution in [0.1, 0.15) is 46.9 Å². The molecule has 2 N–H and O–H groups in total. The zero-order chi connectivity index (χ0) is 25.5. The Balaban J connectivity index is 1.83. The topological polar surface area (TPSA) is 106 Å². The lowest BCUT2D eigenvalue weighted by atomic mass is 9.77. The highest BCUT2D eigenvalue weighted by Gasteiger charge is 2.48. The van der Waals surface area contributed by atoms with Crippen LogP contribution in [0.4, 0.5) is 8.78 Å². The number of aliphatic imine (C=N–C) groups is 1. The Morgan fingerprint density at radius 3 is 2.23 bits per heavy atom. The molecule has 176 valence electrons. The van der Waals surface area contributed by atoms with Crippen LogP contribution >= 0.6 is 11.3 Å². The van der Waals surface area contributed by atoms with E-state index in [1.807, 2.05) is 11.4 Å². The Labute approximate surface area is 205 Å². The summed E-state index contributed by atoms with van der Waals surface area (Å²) in [4.78, 5) is 20.1. The number of nitrogens with zero attached hydrogens (tertiary/aromatic N) is 4. The number of nitrogens with two attached hydrogens (primary N) is 1. The number of halogens is 2. The van der Waals surface area contributed by atoms with Gasteiger partial charge in [-0.15, -0.1) is 11.3 Å². The van der Waals surface area contributed by atoms with Gasteiger partial charge in [0, 0.05) is 24.4 Å². The third kappa shape index (κ3) is 4.27. The lowest BCUT2D eigenvalue weighted by Crippen LogP contribution is -2.52. The highest BCUT2D eigenvalue weighted by atomic mass is 32.1. The molecule has 6 nitrogen and oxygen atoms in total. The second-order valence-electron chi connectivity index (χ2n) is 8.68. The maximum absolute atomic E-state index is 13.8. The summed E-state index contributed by atoms with van der Waals surface area (Å²) in [6, 6.07) is 16.6. The van der Waals surface area contributed by atoms with Gasteiger partial charge in [0.2, 0.25) is 5.91 Å². The smallest absolute Gasteiger partial charge is 0.270 e. The Kier molecular flexibility index (Phi) is 5.92. The van der Waals surface area contributed by atoms with Crippen LogP contribution < -0.4 is 5.73 Å². The van der Waals surface area contributed by atoms with E-state index in [0.29, 0.717) is 22.3 Å². The molecule has 1 aliphatic rings. The number of carbonyl (C=O) groups excluding carboxylic acids is 1. The fourth-order valence-corrected chi connectivity index (χ4v) is 5.29. The molecule has 0 saturated carbocycles. The minimum Gasteiger partial charge on any atom is -0.369 e. The monoisotopic (exact) mass is 489 g/mol. The number of amides is 1. The van der Waals surface area contributed by atoms with Crippen molar-refractivity contribution in [2.75, 3.05) is 7.05 Å². The lowest BCUT2D eigenvalue weighted by Gasteiger charge is -2.40. The van der Waals surface area contributed by atoms with E-state index >= 15 is 0 Å². The second kappa shape index (κ2) is 8.61. The molecule has 2 aromatic carbocycles. The number of alkyl halides is 2. The molecule has 35 heavy (non-hydrogen) atoms. The van der Waals surface area contributed by atoms with Crippen molar-refractivity contribution in [1.82, 2.24) is 4.90 Å². The van der Waals surface area contributed by atoms with E-state index in [1.54, 1.807) is 19.1 Å². The van der Waals surface area contributed by atoms with Crippen molar-refractivity contribution in [2.45, 2.75) is 31.2 Å². The maximum Gasteiger partial charge on any atom is 0.270 e. The standard InChI is InChI=1S/C26H21F2N5OS/c1-25(21-11-19(14-35-21)18-9-15(12-29)8-16(10-18)13-30)22(23(34)33(3)24(31)32-25)17-4-6-20(7-5-17)26(2,27)28/h4-11,14,22H,1-3H3,(H2,31,32)/t22-,25+/m0/s1. The van der Waals surface area contributed by atoms with Crippen molar-refractivity contribution in [1.29, 1.82) is 10.5 Å². The van der Waals surface area contributed by atoms with E-state index < -0.39 is 17.4 Å². The molecule has 0 spiro atoms. The largest absolute Gasteiger partial charge is 0.369 e. The van der Waals surface area contributed by atoms with Crippen molar-refractivity contribution in [3.63, 3.8) is 0 Å². The fraction of sp³-hybridized carbons (Fsp3) is 0.231. The summed E-state index contributed by atoms with van der Waals surface area (Å²) >= 11 is 1.37. The van der Waals surface area contributed by atoms with Crippen molar-refractivity contribution in [3.8, 4) is 23.3 Å². The molecule has 2 atom stereocenters. The molecule has 3 aromatic rings.